The molecule has 0 fully saturated rings. The lowest BCUT2D eigenvalue weighted by molar-refractivity contribution is 0.670. The third-order valence-electron chi connectivity index (χ3n) is 2.67. The monoisotopic (exact) mass is 252 g/mol. The van der Waals surface area contributed by atoms with E-state index in [1.54, 1.807) is 0 Å². The van der Waals surface area contributed by atoms with Gasteiger partial charge in [-0.05, 0) is 30.9 Å². The molecule has 0 atom stereocenters. The predicted octanol–water partition coefficient (Wildman–Crippen LogP) is 2.86. The summed E-state index contributed by atoms with van der Waals surface area (Å²) in [6, 6.07) is 10.6. The fraction of sp³-hybridized carbons (Fsp3) is 0.571. The summed E-state index contributed by atoms with van der Waals surface area (Å²) in [4.78, 5) is 2.31. The maximum atomic E-state index is 3.48. The summed E-state index contributed by atoms with van der Waals surface area (Å²) >= 11 is 2.00. The number of hydrogen-bond donors (Lipinski definition) is 1. The van der Waals surface area contributed by atoms with E-state index >= 15 is 0 Å². The van der Waals surface area contributed by atoms with Crippen molar-refractivity contribution < 1.29 is 0 Å². The van der Waals surface area contributed by atoms with Crippen molar-refractivity contribution in [2.75, 3.05) is 43.1 Å². The molecule has 0 bridgehead atoms. The summed E-state index contributed by atoms with van der Waals surface area (Å²) in [5.74, 6) is 2.45. The van der Waals surface area contributed by atoms with Gasteiger partial charge in [-0.1, -0.05) is 25.1 Å². The fourth-order valence-corrected chi connectivity index (χ4v) is 2.24. The molecule has 0 spiro atoms. The summed E-state index contributed by atoms with van der Waals surface area (Å²) in [6.07, 6.45) is 1.20. The number of rotatable bonds is 9. The van der Waals surface area contributed by atoms with E-state index in [1.165, 1.54) is 23.6 Å². The van der Waals surface area contributed by atoms with Crippen molar-refractivity contribution in [3.63, 3.8) is 0 Å². The smallest absolute Gasteiger partial charge is 0.0363 e. The van der Waals surface area contributed by atoms with E-state index < -0.39 is 0 Å². The molecule has 1 aromatic carbocycles. The second-order valence-corrected chi connectivity index (χ2v) is 5.45. The van der Waals surface area contributed by atoms with Gasteiger partial charge in [-0.15, -0.1) is 0 Å². The molecular formula is C14H24N2S. The van der Waals surface area contributed by atoms with Gasteiger partial charge in [-0.3, -0.25) is 0 Å². The standard InChI is InChI=1S/C14H24N2S/c1-3-17-13-11-15-10-7-12-16(2)14-8-5-4-6-9-14/h4-6,8-9,15H,3,7,10-13H2,1-2H3. The fourth-order valence-electron chi connectivity index (χ4n) is 1.67. The highest BCUT2D eigenvalue weighted by molar-refractivity contribution is 7.99. The molecule has 0 heterocycles. The maximum absolute atomic E-state index is 3.48. The van der Waals surface area contributed by atoms with Gasteiger partial charge in [0.15, 0.2) is 0 Å². The highest BCUT2D eigenvalue weighted by atomic mass is 32.2. The van der Waals surface area contributed by atoms with Gasteiger partial charge >= 0.3 is 0 Å². The van der Waals surface area contributed by atoms with Crippen LogP contribution in [0.5, 0.6) is 0 Å². The van der Waals surface area contributed by atoms with Gasteiger partial charge in [0.2, 0.25) is 0 Å². The zero-order valence-electron chi connectivity index (χ0n) is 11.0. The Balaban J connectivity index is 2.03. The van der Waals surface area contributed by atoms with Crippen molar-refractivity contribution in [3.8, 4) is 0 Å². The van der Waals surface area contributed by atoms with Crippen LogP contribution >= 0.6 is 11.8 Å². The zero-order valence-corrected chi connectivity index (χ0v) is 11.8. The summed E-state index contributed by atoms with van der Waals surface area (Å²) in [5, 5.41) is 3.48. The van der Waals surface area contributed by atoms with E-state index in [0.29, 0.717) is 0 Å². The zero-order chi connectivity index (χ0) is 12.3. The quantitative estimate of drug-likeness (QED) is 0.680. The van der Waals surface area contributed by atoms with E-state index in [1.807, 2.05) is 11.8 Å². The summed E-state index contributed by atoms with van der Waals surface area (Å²) in [6.45, 7) is 5.56. The third-order valence-corrected chi connectivity index (χ3v) is 3.57. The van der Waals surface area contributed by atoms with Crippen LogP contribution in [0, 0.1) is 0 Å². The minimum Gasteiger partial charge on any atom is -0.375 e. The lowest BCUT2D eigenvalue weighted by atomic mass is 10.3. The van der Waals surface area contributed by atoms with Crippen molar-refractivity contribution in [1.29, 1.82) is 0 Å². The molecule has 0 aromatic heterocycles. The van der Waals surface area contributed by atoms with Crippen LogP contribution in [-0.4, -0.2) is 38.2 Å². The van der Waals surface area contributed by atoms with Crippen LogP contribution < -0.4 is 10.2 Å². The van der Waals surface area contributed by atoms with E-state index in [9.17, 15) is 0 Å². The average molecular weight is 252 g/mol. The first-order valence-corrected chi connectivity index (χ1v) is 7.54. The summed E-state index contributed by atoms with van der Waals surface area (Å²) < 4.78 is 0. The molecule has 0 saturated heterocycles. The van der Waals surface area contributed by atoms with E-state index in [-0.39, 0.29) is 0 Å². The SMILES string of the molecule is CCSCCNCCCN(C)c1ccccc1. The first-order valence-electron chi connectivity index (χ1n) is 6.39. The molecule has 17 heavy (non-hydrogen) atoms. The molecule has 0 aliphatic heterocycles. The summed E-state index contributed by atoms with van der Waals surface area (Å²) in [7, 11) is 2.16. The molecule has 1 N–H and O–H groups in total. The molecule has 2 nitrogen and oxygen atoms in total. The van der Waals surface area contributed by atoms with Crippen LogP contribution in [-0.2, 0) is 0 Å². The minimum absolute atomic E-state index is 1.11. The van der Waals surface area contributed by atoms with Crippen molar-refractivity contribution in [1.82, 2.24) is 5.32 Å². The average Bonchev–Trinajstić information content (AvgIpc) is 2.38. The van der Waals surface area contributed by atoms with Crippen molar-refractivity contribution >= 4 is 17.4 Å². The molecular weight excluding hydrogens is 228 g/mol. The number of hydrogen-bond acceptors (Lipinski definition) is 3. The molecule has 0 aliphatic rings. The lowest BCUT2D eigenvalue weighted by Gasteiger charge is -2.19. The number of nitrogens with zero attached hydrogens (tertiary/aromatic N) is 1. The summed E-state index contributed by atoms with van der Waals surface area (Å²) in [5.41, 5.74) is 1.30. The molecule has 0 amide bonds. The van der Waals surface area contributed by atoms with Gasteiger partial charge in [0.05, 0.1) is 0 Å². The van der Waals surface area contributed by atoms with Crippen LogP contribution in [0.1, 0.15) is 13.3 Å². The van der Waals surface area contributed by atoms with Crippen molar-refractivity contribution in [2.45, 2.75) is 13.3 Å². The first kappa shape index (κ1) is 14.4. The Morgan fingerprint density at radius 2 is 1.94 bits per heavy atom. The molecule has 0 saturated carbocycles. The number of thioether (sulfide) groups is 1. The van der Waals surface area contributed by atoms with Gasteiger partial charge in [-0.2, -0.15) is 11.8 Å². The second-order valence-electron chi connectivity index (χ2n) is 4.06. The molecule has 1 aromatic rings. The van der Waals surface area contributed by atoms with Crippen molar-refractivity contribution in [2.24, 2.45) is 0 Å². The largest absolute Gasteiger partial charge is 0.375 e. The Morgan fingerprint density at radius 3 is 2.65 bits per heavy atom. The number of para-hydroxylation sites is 1. The maximum Gasteiger partial charge on any atom is 0.0363 e. The van der Waals surface area contributed by atoms with Crippen LogP contribution in [0.3, 0.4) is 0 Å². The normalized spacial score (nSPS) is 10.5. The topological polar surface area (TPSA) is 15.3 Å². The molecule has 0 radical (unpaired) electrons. The molecule has 96 valence electrons. The highest BCUT2D eigenvalue weighted by Crippen LogP contribution is 2.10. The molecule has 0 unspecified atom stereocenters. The Hall–Kier alpha value is -0.670. The molecule has 0 aliphatic carbocycles. The number of nitrogens with one attached hydrogen (secondary N) is 1. The van der Waals surface area contributed by atoms with E-state index in [4.69, 9.17) is 0 Å². The Morgan fingerprint density at radius 1 is 1.18 bits per heavy atom. The van der Waals surface area contributed by atoms with Gasteiger partial charge in [0.25, 0.3) is 0 Å². The highest BCUT2D eigenvalue weighted by Gasteiger charge is 1.98. The van der Waals surface area contributed by atoms with Gasteiger partial charge in [0.1, 0.15) is 0 Å². The van der Waals surface area contributed by atoms with Gasteiger partial charge in [0, 0.05) is 31.6 Å². The Kier molecular flexibility index (Phi) is 7.93. The molecule has 3 heteroatoms. The predicted molar refractivity (Wildman–Crippen MR) is 80.2 cm³/mol. The van der Waals surface area contributed by atoms with E-state index in [0.717, 1.165) is 19.6 Å². The Bertz CT molecular complexity index is 277. The van der Waals surface area contributed by atoms with Gasteiger partial charge < -0.3 is 10.2 Å². The second kappa shape index (κ2) is 9.37. The lowest BCUT2D eigenvalue weighted by Crippen LogP contribution is -2.25. The van der Waals surface area contributed by atoms with Gasteiger partial charge in [-0.25, -0.2) is 0 Å². The van der Waals surface area contributed by atoms with Crippen LogP contribution in [0.25, 0.3) is 0 Å². The first-order chi connectivity index (χ1) is 8.34. The van der Waals surface area contributed by atoms with Crippen molar-refractivity contribution in [3.05, 3.63) is 30.3 Å². The van der Waals surface area contributed by atoms with Crippen LogP contribution in [0.4, 0.5) is 5.69 Å². The van der Waals surface area contributed by atoms with Crippen LogP contribution in [0.2, 0.25) is 0 Å². The minimum atomic E-state index is 1.11. The third kappa shape index (κ3) is 6.59. The Labute approximate surface area is 110 Å². The number of benzene rings is 1. The molecule has 1 rings (SSSR count). The number of anilines is 1. The van der Waals surface area contributed by atoms with E-state index in [2.05, 4.69) is 54.5 Å². The van der Waals surface area contributed by atoms with Crippen LogP contribution in [0.15, 0.2) is 30.3 Å².